The Labute approximate surface area is 189 Å². The van der Waals surface area contributed by atoms with Gasteiger partial charge in [0, 0.05) is 16.1 Å². The zero-order valence-corrected chi connectivity index (χ0v) is 18.3. The van der Waals surface area contributed by atoms with Gasteiger partial charge in [-0.05, 0) is 54.6 Å². The molecule has 0 radical (unpaired) electrons. The molecule has 0 aliphatic carbocycles. The van der Waals surface area contributed by atoms with Crippen molar-refractivity contribution in [2.75, 3.05) is 25.3 Å². The molecule has 32 heavy (non-hydrogen) atoms. The van der Waals surface area contributed by atoms with Crippen LogP contribution in [0.2, 0.25) is 0 Å². The van der Waals surface area contributed by atoms with Gasteiger partial charge in [0.2, 0.25) is 0 Å². The maximum absolute atomic E-state index is 12.5. The molecular weight excluding hydrogens is 430 g/mol. The van der Waals surface area contributed by atoms with Crippen LogP contribution in [0.15, 0.2) is 71.6 Å². The van der Waals surface area contributed by atoms with Crippen LogP contribution in [0.5, 0.6) is 11.5 Å². The van der Waals surface area contributed by atoms with Crippen molar-refractivity contribution in [1.82, 2.24) is 0 Å². The van der Waals surface area contributed by atoms with Crippen molar-refractivity contribution in [3.05, 3.63) is 83.4 Å². The first-order valence-electron chi connectivity index (χ1n) is 9.54. The molecule has 0 heterocycles. The first kappa shape index (κ1) is 22.9. The van der Waals surface area contributed by atoms with Gasteiger partial charge in [0.1, 0.15) is 0 Å². The number of ketones is 1. The number of rotatable bonds is 9. The summed E-state index contributed by atoms with van der Waals surface area (Å²) in [7, 11) is 3.05. The molecule has 3 aromatic rings. The van der Waals surface area contributed by atoms with Crippen LogP contribution < -0.4 is 14.8 Å². The highest BCUT2D eigenvalue weighted by molar-refractivity contribution is 8.00. The van der Waals surface area contributed by atoms with Gasteiger partial charge in [0.25, 0.3) is 5.91 Å². The molecule has 8 heteroatoms. The minimum absolute atomic E-state index is 0.0568. The van der Waals surface area contributed by atoms with E-state index < -0.39 is 11.9 Å². The van der Waals surface area contributed by atoms with Gasteiger partial charge in [-0.3, -0.25) is 9.59 Å². The molecule has 0 unspecified atom stereocenters. The topological polar surface area (TPSA) is 102 Å². The maximum Gasteiger partial charge on any atom is 0.336 e. The number of ether oxygens (including phenoxy) is 2. The predicted molar refractivity (Wildman–Crippen MR) is 122 cm³/mol. The van der Waals surface area contributed by atoms with Gasteiger partial charge in [-0.15, -0.1) is 11.8 Å². The molecule has 1 amide bonds. The molecule has 0 aliphatic rings. The van der Waals surface area contributed by atoms with Gasteiger partial charge >= 0.3 is 5.97 Å². The van der Waals surface area contributed by atoms with Gasteiger partial charge in [0.15, 0.2) is 17.3 Å². The van der Waals surface area contributed by atoms with Crippen molar-refractivity contribution in [3.63, 3.8) is 0 Å². The molecular formula is C24H21NO6S. The molecule has 0 fully saturated rings. The molecule has 0 saturated heterocycles. The van der Waals surface area contributed by atoms with E-state index in [0.29, 0.717) is 22.7 Å². The Hall–Kier alpha value is -3.78. The number of aromatic carboxylic acids is 1. The first-order valence-corrected chi connectivity index (χ1v) is 10.5. The molecule has 3 rings (SSSR count). The lowest BCUT2D eigenvalue weighted by Crippen LogP contribution is -2.16. The number of methoxy groups -OCH3 is 2. The number of benzene rings is 3. The molecule has 0 atom stereocenters. The summed E-state index contributed by atoms with van der Waals surface area (Å²) in [5.74, 6) is -0.451. The molecule has 164 valence electrons. The molecule has 7 nitrogen and oxygen atoms in total. The van der Waals surface area contributed by atoms with Crippen molar-refractivity contribution in [2.24, 2.45) is 0 Å². The largest absolute Gasteiger partial charge is 0.493 e. The summed E-state index contributed by atoms with van der Waals surface area (Å²) < 4.78 is 10.4. The summed E-state index contributed by atoms with van der Waals surface area (Å²) in [5.41, 5.74) is 1.06. The number of carboxylic acids is 1. The maximum atomic E-state index is 12.5. The quantitative estimate of drug-likeness (QED) is 0.361. The van der Waals surface area contributed by atoms with E-state index in [2.05, 4.69) is 5.32 Å². The summed E-state index contributed by atoms with van der Waals surface area (Å²) in [6.45, 7) is 0. The Morgan fingerprint density at radius 2 is 1.53 bits per heavy atom. The second kappa shape index (κ2) is 10.5. The van der Waals surface area contributed by atoms with Crippen LogP contribution in [-0.2, 0) is 0 Å². The lowest BCUT2D eigenvalue weighted by atomic mass is 10.1. The zero-order chi connectivity index (χ0) is 23.1. The Bertz CT molecular complexity index is 1140. The van der Waals surface area contributed by atoms with Crippen LogP contribution in [0.3, 0.4) is 0 Å². The predicted octanol–water partition coefficient (Wildman–Crippen LogP) is 4.63. The standard InChI is InChI=1S/C24H21NO6S/c1-30-21-12-7-15(13-22(21)31-2)20(26)14-32-17-10-8-16(9-11-17)25-23(27)18-5-3-4-6-19(18)24(28)29/h3-13H,14H2,1-2H3,(H,25,27)(H,28,29). The van der Waals surface area contributed by atoms with Crippen molar-refractivity contribution in [3.8, 4) is 11.5 Å². The number of carbonyl (C=O) groups excluding carboxylic acids is 2. The number of anilines is 1. The third-order valence-electron chi connectivity index (χ3n) is 4.59. The number of Topliss-reactive ketones (excluding diaryl/α,β-unsaturated/α-hetero) is 1. The number of hydrogen-bond donors (Lipinski definition) is 2. The minimum Gasteiger partial charge on any atom is -0.493 e. The van der Waals surface area contributed by atoms with Crippen LogP contribution in [0.4, 0.5) is 5.69 Å². The molecule has 0 spiro atoms. The van der Waals surface area contributed by atoms with Crippen LogP contribution in [0.25, 0.3) is 0 Å². The highest BCUT2D eigenvalue weighted by Crippen LogP contribution is 2.29. The van der Waals surface area contributed by atoms with Crippen molar-refractivity contribution in [2.45, 2.75) is 4.90 Å². The van der Waals surface area contributed by atoms with Gasteiger partial charge in [-0.25, -0.2) is 4.79 Å². The van der Waals surface area contributed by atoms with E-state index >= 15 is 0 Å². The van der Waals surface area contributed by atoms with E-state index in [9.17, 15) is 19.5 Å². The summed E-state index contributed by atoms with van der Waals surface area (Å²) in [6, 6.07) is 18.0. The average Bonchev–Trinajstić information content (AvgIpc) is 2.82. The van der Waals surface area contributed by atoms with E-state index in [0.717, 1.165) is 4.90 Å². The first-order chi connectivity index (χ1) is 15.4. The van der Waals surface area contributed by atoms with E-state index in [4.69, 9.17) is 9.47 Å². The fraction of sp³-hybridized carbons (Fsp3) is 0.125. The van der Waals surface area contributed by atoms with Crippen molar-refractivity contribution < 1.29 is 29.0 Å². The second-order valence-electron chi connectivity index (χ2n) is 6.61. The third kappa shape index (κ3) is 5.47. The number of carboxylic acid groups (broad SMARTS) is 1. The van der Waals surface area contributed by atoms with E-state index in [-0.39, 0.29) is 22.7 Å². The van der Waals surface area contributed by atoms with Crippen LogP contribution in [-0.4, -0.2) is 42.7 Å². The lowest BCUT2D eigenvalue weighted by Gasteiger charge is -2.10. The average molecular weight is 452 g/mol. The molecule has 2 N–H and O–H groups in total. The highest BCUT2D eigenvalue weighted by atomic mass is 32.2. The van der Waals surface area contributed by atoms with Gasteiger partial charge in [0.05, 0.1) is 31.1 Å². The van der Waals surface area contributed by atoms with E-state index in [1.165, 1.54) is 38.1 Å². The monoisotopic (exact) mass is 451 g/mol. The number of carbonyl (C=O) groups is 3. The highest BCUT2D eigenvalue weighted by Gasteiger charge is 2.16. The zero-order valence-electron chi connectivity index (χ0n) is 17.5. The Morgan fingerprint density at radius 1 is 0.875 bits per heavy atom. The fourth-order valence-corrected chi connectivity index (χ4v) is 3.74. The molecule has 0 bridgehead atoms. The molecule has 0 aliphatic heterocycles. The van der Waals surface area contributed by atoms with Gasteiger partial charge in [-0.1, -0.05) is 12.1 Å². The fourth-order valence-electron chi connectivity index (χ4n) is 2.94. The van der Waals surface area contributed by atoms with Crippen molar-refractivity contribution in [1.29, 1.82) is 0 Å². The number of amides is 1. The summed E-state index contributed by atoms with van der Waals surface area (Å²) in [4.78, 5) is 37.1. The second-order valence-corrected chi connectivity index (χ2v) is 7.66. The van der Waals surface area contributed by atoms with Crippen LogP contribution in [0, 0.1) is 0 Å². The number of thioether (sulfide) groups is 1. The minimum atomic E-state index is -1.17. The normalized spacial score (nSPS) is 10.3. The third-order valence-corrected chi connectivity index (χ3v) is 5.60. The van der Waals surface area contributed by atoms with Gasteiger partial charge < -0.3 is 19.9 Å². The molecule has 0 aromatic heterocycles. The van der Waals surface area contributed by atoms with Crippen LogP contribution >= 0.6 is 11.8 Å². The Morgan fingerprint density at radius 3 is 2.16 bits per heavy atom. The lowest BCUT2D eigenvalue weighted by molar-refractivity contribution is 0.0692. The SMILES string of the molecule is COc1ccc(C(=O)CSc2ccc(NC(=O)c3ccccc3C(=O)O)cc2)cc1OC. The van der Waals surface area contributed by atoms with Crippen LogP contribution in [0.1, 0.15) is 31.1 Å². The van der Waals surface area contributed by atoms with E-state index in [1.807, 2.05) is 0 Å². The Balaban J connectivity index is 1.61. The Kier molecular flexibility index (Phi) is 7.51. The van der Waals surface area contributed by atoms with Gasteiger partial charge in [-0.2, -0.15) is 0 Å². The number of hydrogen-bond acceptors (Lipinski definition) is 6. The summed E-state index contributed by atoms with van der Waals surface area (Å²) >= 11 is 1.37. The number of nitrogens with one attached hydrogen (secondary N) is 1. The van der Waals surface area contributed by atoms with E-state index in [1.54, 1.807) is 54.6 Å². The summed E-state index contributed by atoms with van der Waals surface area (Å²) in [5, 5.41) is 11.9. The molecule has 3 aromatic carbocycles. The summed E-state index contributed by atoms with van der Waals surface area (Å²) in [6.07, 6.45) is 0. The smallest absolute Gasteiger partial charge is 0.336 e. The van der Waals surface area contributed by atoms with Crippen molar-refractivity contribution >= 4 is 35.1 Å². The molecule has 0 saturated carbocycles.